The smallest absolute Gasteiger partial charge is 0.328 e. The number of carboxylic acid groups (broad SMARTS) is 1. The van der Waals surface area contributed by atoms with Gasteiger partial charge in [-0.2, -0.15) is 0 Å². The highest BCUT2D eigenvalue weighted by Gasteiger charge is 2.18. The Morgan fingerprint density at radius 1 is 0.554 bits per heavy atom. The average Bonchev–Trinajstić information content (AvgIpc) is 3.18. The zero-order chi connectivity index (χ0) is 41.2. The number of rotatable bonds is 39. The van der Waals surface area contributed by atoms with Crippen molar-refractivity contribution >= 4 is 23.8 Å². The van der Waals surface area contributed by atoms with Crippen LogP contribution in [-0.4, -0.2) is 59.3 Å². The Morgan fingerprint density at radius 2 is 1.04 bits per heavy atom. The van der Waals surface area contributed by atoms with Gasteiger partial charge < -0.3 is 25.6 Å². The molecule has 0 spiro atoms. The monoisotopic (exact) mass is 785 g/mol. The SMILES string of the molecule is CC/C=C\C/C=C\C(/C=C\CCCCCC(=O)NCC(=O)NC(CO)C(=O)O)OC(=O)CCCCCCCCCCCCC/C=C\C/C=C\CCCCCCC. The minimum atomic E-state index is -1.39. The van der Waals surface area contributed by atoms with Crippen LogP contribution in [0.1, 0.15) is 187 Å². The normalized spacial score (nSPS) is 13.1. The standard InChI is InChI=1S/C47H80N2O7/c1-3-5-7-9-10-11-12-13-14-15-16-17-18-19-20-21-22-23-24-25-26-31-35-39-46(53)56-42(36-32-28-8-6-4-2)37-33-29-27-30-34-38-44(51)48-40-45(52)49-43(41-50)47(54)55/h6,8,12-13,15-16,32-33,36-37,42-43,50H,3-5,7,9-11,14,17-31,34-35,38-41H2,1-2H3,(H,48,51)(H,49,52)(H,54,55)/b8-6-,13-12-,16-15-,36-32-,37-33-. The van der Waals surface area contributed by atoms with Crippen LogP contribution in [0.4, 0.5) is 0 Å². The zero-order valence-electron chi connectivity index (χ0n) is 35.4. The molecule has 0 rings (SSSR count). The molecule has 0 aliphatic heterocycles. The number of ether oxygens (including phenoxy) is 1. The van der Waals surface area contributed by atoms with Crippen LogP contribution in [0.25, 0.3) is 0 Å². The van der Waals surface area contributed by atoms with Crippen molar-refractivity contribution < 1.29 is 34.1 Å². The number of unbranched alkanes of at least 4 members (excludes halogenated alkanes) is 19. The number of aliphatic hydroxyl groups excluding tert-OH is 1. The van der Waals surface area contributed by atoms with E-state index in [9.17, 15) is 19.2 Å². The summed E-state index contributed by atoms with van der Waals surface area (Å²) in [5.74, 6) is -2.47. The van der Waals surface area contributed by atoms with Gasteiger partial charge in [0.2, 0.25) is 11.8 Å². The van der Waals surface area contributed by atoms with E-state index in [1.807, 2.05) is 24.3 Å². The predicted octanol–water partition coefficient (Wildman–Crippen LogP) is 10.9. The van der Waals surface area contributed by atoms with E-state index >= 15 is 0 Å². The van der Waals surface area contributed by atoms with Crippen molar-refractivity contribution in [2.24, 2.45) is 0 Å². The molecule has 320 valence electrons. The summed E-state index contributed by atoms with van der Waals surface area (Å²) in [6.07, 6.45) is 50.4. The summed E-state index contributed by atoms with van der Waals surface area (Å²) in [5, 5.41) is 22.5. The molecule has 0 aromatic heterocycles. The number of nitrogens with one attached hydrogen (secondary N) is 2. The first-order chi connectivity index (χ1) is 27.3. The summed E-state index contributed by atoms with van der Waals surface area (Å²) < 4.78 is 5.78. The van der Waals surface area contributed by atoms with E-state index in [-0.39, 0.29) is 24.8 Å². The van der Waals surface area contributed by atoms with E-state index in [1.54, 1.807) is 0 Å². The van der Waals surface area contributed by atoms with E-state index in [1.165, 1.54) is 96.3 Å². The Labute approximate surface area is 341 Å². The quantitative estimate of drug-likeness (QED) is 0.0276. The van der Waals surface area contributed by atoms with Gasteiger partial charge in [-0.1, -0.05) is 152 Å². The lowest BCUT2D eigenvalue weighted by Gasteiger charge is -2.12. The minimum Gasteiger partial charge on any atom is -0.480 e. The van der Waals surface area contributed by atoms with Gasteiger partial charge in [-0.15, -0.1) is 0 Å². The molecule has 56 heavy (non-hydrogen) atoms. The Balaban J connectivity index is 4.04. The maximum Gasteiger partial charge on any atom is 0.328 e. The Hall–Kier alpha value is -3.46. The largest absolute Gasteiger partial charge is 0.480 e. The van der Waals surface area contributed by atoms with Crippen molar-refractivity contribution in [3.05, 3.63) is 60.8 Å². The van der Waals surface area contributed by atoms with Crippen molar-refractivity contribution in [2.75, 3.05) is 13.2 Å². The molecule has 0 radical (unpaired) electrons. The van der Waals surface area contributed by atoms with Crippen LogP contribution in [0.5, 0.6) is 0 Å². The van der Waals surface area contributed by atoms with Gasteiger partial charge in [0.25, 0.3) is 0 Å². The van der Waals surface area contributed by atoms with Gasteiger partial charge in [0, 0.05) is 12.8 Å². The van der Waals surface area contributed by atoms with Gasteiger partial charge >= 0.3 is 11.9 Å². The number of carbonyl (C=O) groups is 4. The molecule has 2 amide bonds. The number of aliphatic carboxylic acids is 1. The topological polar surface area (TPSA) is 142 Å². The molecule has 4 N–H and O–H groups in total. The summed E-state index contributed by atoms with van der Waals surface area (Å²) in [6, 6.07) is -1.39. The number of allylic oxidation sites excluding steroid dienone is 8. The van der Waals surface area contributed by atoms with Crippen LogP contribution in [0.2, 0.25) is 0 Å². The van der Waals surface area contributed by atoms with E-state index in [0.717, 1.165) is 57.8 Å². The Bertz CT molecular complexity index is 1130. The summed E-state index contributed by atoms with van der Waals surface area (Å²) in [4.78, 5) is 47.3. The molecule has 2 unspecified atom stereocenters. The van der Waals surface area contributed by atoms with Crippen LogP contribution < -0.4 is 10.6 Å². The molecular formula is C47H80N2O7. The predicted molar refractivity (Wildman–Crippen MR) is 231 cm³/mol. The molecule has 9 heteroatoms. The maximum atomic E-state index is 12.6. The van der Waals surface area contributed by atoms with Crippen LogP contribution in [0.3, 0.4) is 0 Å². The number of amides is 2. The molecule has 0 aliphatic rings. The second kappa shape index (κ2) is 41.2. The highest BCUT2D eigenvalue weighted by molar-refractivity contribution is 5.87. The second-order valence-corrected chi connectivity index (χ2v) is 14.8. The van der Waals surface area contributed by atoms with Gasteiger partial charge in [0.05, 0.1) is 13.2 Å². The van der Waals surface area contributed by atoms with Gasteiger partial charge in [0.15, 0.2) is 0 Å². The number of aliphatic hydroxyl groups is 1. The van der Waals surface area contributed by atoms with Crippen LogP contribution in [-0.2, 0) is 23.9 Å². The summed E-state index contributed by atoms with van der Waals surface area (Å²) in [7, 11) is 0. The molecule has 0 saturated carbocycles. The molecule has 0 heterocycles. The van der Waals surface area contributed by atoms with Crippen molar-refractivity contribution in [3.63, 3.8) is 0 Å². The zero-order valence-corrected chi connectivity index (χ0v) is 35.4. The molecule has 0 bridgehead atoms. The van der Waals surface area contributed by atoms with Gasteiger partial charge in [-0.05, 0) is 82.8 Å². The van der Waals surface area contributed by atoms with Crippen molar-refractivity contribution in [3.8, 4) is 0 Å². The molecule has 0 aliphatic carbocycles. The lowest BCUT2D eigenvalue weighted by molar-refractivity contribution is -0.145. The highest BCUT2D eigenvalue weighted by atomic mass is 16.5. The first-order valence-corrected chi connectivity index (χ1v) is 22.2. The Kier molecular flexibility index (Phi) is 38.6. The summed E-state index contributed by atoms with van der Waals surface area (Å²) in [6.45, 7) is 3.29. The lowest BCUT2D eigenvalue weighted by Crippen LogP contribution is -2.47. The molecule has 0 fully saturated rings. The molecular weight excluding hydrogens is 705 g/mol. The third kappa shape index (κ3) is 37.5. The van der Waals surface area contributed by atoms with E-state index in [2.05, 4.69) is 60.9 Å². The number of esters is 1. The van der Waals surface area contributed by atoms with Crippen LogP contribution in [0.15, 0.2) is 60.8 Å². The van der Waals surface area contributed by atoms with E-state index in [4.69, 9.17) is 14.9 Å². The summed E-state index contributed by atoms with van der Waals surface area (Å²) in [5.41, 5.74) is 0. The average molecular weight is 785 g/mol. The van der Waals surface area contributed by atoms with Crippen molar-refractivity contribution in [1.29, 1.82) is 0 Å². The fraction of sp³-hybridized carbons (Fsp3) is 0.702. The lowest BCUT2D eigenvalue weighted by atomic mass is 10.0. The maximum absolute atomic E-state index is 12.6. The van der Waals surface area contributed by atoms with Crippen LogP contribution >= 0.6 is 0 Å². The third-order valence-corrected chi connectivity index (χ3v) is 9.46. The molecule has 0 aromatic carbocycles. The van der Waals surface area contributed by atoms with E-state index < -0.39 is 30.6 Å². The number of carbonyl (C=O) groups excluding carboxylic acids is 3. The molecule has 0 aromatic rings. The fourth-order valence-electron chi connectivity index (χ4n) is 6.06. The molecule has 0 saturated heterocycles. The van der Waals surface area contributed by atoms with Crippen LogP contribution in [0, 0.1) is 0 Å². The number of hydrogen-bond acceptors (Lipinski definition) is 6. The minimum absolute atomic E-state index is 0.168. The fourth-order valence-corrected chi connectivity index (χ4v) is 6.06. The molecule has 9 nitrogen and oxygen atoms in total. The van der Waals surface area contributed by atoms with Crippen molar-refractivity contribution in [1.82, 2.24) is 10.6 Å². The van der Waals surface area contributed by atoms with E-state index in [0.29, 0.717) is 12.8 Å². The second-order valence-electron chi connectivity index (χ2n) is 14.8. The van der Waals surface area contributed by atoms with Crippen molar-refractivity contribution in [2.45, 2.75) is 199 Å². The number of carboxylic acids is 1. The number of hydrogen-bond donors (Lipinski definition) is 4. The highest BCUT2D eigenvalue weighted by Crippen LogP contribution is 2.14. The van der Waals surface area contributed by atoms with Gasteiger partial charge in [-0.3, -0.25) is 14.4 Å². The summed E-state index contributed by atoms with van der Waals surface area (Å²) >= 11 is 0. The first kappa shape index (κ1) is 52.5. The third-order valence-electron chi connectivity index (χ3n) is 9.46. The van der Waals surface area contributed by atoms with Gasteiger partial charge in [-0.25, -0.2) is 4.79 Å². The Morgan fingerprint density at radius 3 is 1.61 bits per heavy atom. The first-order valence-electron chi connectivity index (χ1n) is 22.2. The van der Waals surface area contributed by atoms with Gasteiger partial charge in [0.1, 0.15) is 12.1 Å². The molecule has 2 atom stereocenters.